The largest absolute Gasteiger partial charge is 0.381 e. The van der Waals surface area contributed by atoms with Crippen molar-refractivity contribution in [3.63, 3.8) is 0 Å². The van der Waals surface area contributed by atoms with Crippen molar-refractivity contribution in [2.45, 2.75) is 45.4 Å². The first kappa shape index (κ1) is 9.56. The van der Waals surface area contributed by atoms with E-state index >= 15 is 0 Å². The Morgan fingerprint density at radius 3 is 2.43 bits per heavy atom. The molecule has 78 valence electrons. The van der Waals surface area contributed by atoms with E-state index in [2.05, 4.69) is 12.1 Å². The topological polar surface area (TPSA) is 52.0 Å². The zero-order valence-corrected chi connectivity index (χ0v) is 8.92. The first-order valence-corrected chi connectivity index (χ1v) is 5.40. The molecule has 0 spiro atoms. The molecule has 0 saturated heterocycles. The lowest BCUT2D eigenvalue weighted by molar-refractivity contribution is 0.287. The third kappa shape index (κ3) is 1.63. The SMILES string of the molecule is Cc1c(N)noc1C1CCC(C)CC1. The van der Waals surface area contributed by atoms with Gasteiger partial charge in [-0.05, 0) is 25.7 Å². The molecule has 2 N–H and O–H groups in total. The second kappa shape index (κ2) is 3.64. The lowest BCUT2D eigenvalue weighted by Crippen LogP contribution is -2.11. The van der Waals surface area contributed by atoms with Crippen LogP contribution in [-0.4, -0.2) is 5.16 Å². The van der Waals surface area contributed by atoms with Crippen molar-refractivity contribution in [3.8, 4) is 0 Å². The van der Waals surface area contributed by atoms with Gasteiger partial charge in [-0.2, -0.15) is 0 Å². The Hall–Kier alpha value is -0.990. The molecule has 1 aromatic rings. The first-order valence-electron chi connectivity index (χ1n) is 5.40. The average Bonchev–Trinajstić information content (AvgIpc) is 2.50. The van der Waals surface area contributed by atoms with E-state index in [4.69, 9.17) is 10.3 Å². The lowest BCUT2D eigenvalue weighted by atomic mass is 9.81. The molecule has 0 aromatic carbocycles. The van der Waals surface area contributed by atoms with Gasteiger partial charge in [-0.3, -0.25) is 0 Å². The highest BCUT2D eigenvalue weighted by Crippen LogP contribution is 2.37. The fourth-order valence-corrected chi connectivity index (χ4v) is 2.26. The van der Waals surface area contributed by atoms with Crippen molar-refractivity contribution >= 4 is 5.82 Å². The summed E-state index contributed by atoms with van der Waals surface area (Å²) in [5, 5.41) is 3.81. The predicted octanol–water partition coefficient (Wildman–Crippen LogP) is 2.86. The Bertz CT molecular complexity index is 311. The molecule has 0 radical (unpaired) electrons. The van der Waals surface area contributed by atoms with Gasteiger partial charge in [-0.1, -0.05) is 24.9 Å². The van der Waals surface area contributed by atoms with E-state index < -0.39 is 0 Å². The van der Waals surface area contributed by atoms with Crippen LogP contribution in [0.5, 0.6) is 0 Å². The minimum atomic E-state index is 0.552. The monoisotopic (exact) mass is 194 g/mol. The van der Waals surface area contributed by atoms with E-state index in [1.165, 1.54) is 25.7 Å². The lowest BCUT2D eigenvalue weighted by Gasteiger charge is -2.24. The molecule has 3 heteroatoms. The molecule has 1 heterocycles. The van der Waals surface area contributed by atoms with Crippen molar-refractivity contribution in [2.24, 2.45) is 5.92 Å². The van der Waals surface area contributed by atoms with Crippen LogP contribution in [0.2, 0.25) is 0 Å². The van der Waals surface area contributed by atoms with Gasteiger partial charge in [-0.25, -0.2) is 0 Å². The summed E-state index contributed by atoms with van der Waals surface area (Å²) in [6, 6.07) is 0. The van der Waals surface area contributed by atoms with Crippen LogP contribution in [-0.2, 0) is 0 Å². The van der Waals surface area contributed by atoms with Crippen molar-refractivity contribution in [3.05, 3.63) is 11.3 Å². The third-order valence-corrected chi connectivity index (χ3v) is 3.38. The molecule has 1 aliphatic rings. The molecule has 1 fully saturated rings. The highest BCUT2D eigenvalue weighted by atomic mass is 16.5. The van der Waals surface area contributed by atoms with E-state index in [0.717, 1.165) is 17.2 Å². The molecular formula is C11H18N2O. The van der Waals surface area contributed by atoms with Crippen LogP contribution >= 0.6 is 0 Å². The second-order valence-electron chi connectivity index (χ2n) is 4.51. The van der Waals surface area contributed by atoms with Gasteiger partial charge in [0.2, 0.25) is 0 Å². The summed E-state index contributed by atoms with van der Waals surface area (Å²) >= 11 is 0. The van der Waals surface area contributed by atoms with Gasteiger partial charge in [0.15, 0.2) is 5.82 Å². The molecule has 0 bridgehead atoms. The maximum atomic E-state index is 5.67. The van der Waals surface area contributed by atoms with Gasteiger partial charge >= 0.3 is 0 Å². The fraction of sp³-hybridized carbons (Fsp3) is 0.727. The van der Waals surface area contributed by atoms with Crippen LogP contribution in [0.4, 0.5) is 5.82 Å². The molecule has 0 aliphatic heterocycles. The number of anilines is 1. The molecule has 0 amide bonds. The number of aromatic nitrogens is 1. The summed E-state index contributed by atoms with van der Waals surface area (Å²) in [6.45, 7) is 4.32. The fourth-order valence-electron chi connectivity index (χ4n) is 2.26. The maximum absolute atomic E-state index is 5.67. The number of nitrogens with two attached hydrogens (primary N) is 1. The Labute approximate surface area is 84.7 Å². The van der Waals surface area contributed by atoms with Crippen LogP contribution in [0, 0.1) is 12.8 Å². The highest BCUT2D eigenvalue weighted by Gasteiger charge is 2.25. The van der Waals surface area contributed by atoms with E-state index in [0.29, 0.717) is 11.7 Å². The van der Waals surface area contributed by atoms with Crippen LogP contribution in [0.15, 0.2) is 4.52 Å². The zero-order valence-electron chi connectivity index (χ0n) is 8.92. The van der Waals surface area contributed by atoms with Gasteiger partial charge in [0, 0.05) is 11.5 Å². The van der Waals surface area contributed by atoms with E-state index in [1.54, 1.807) is 0 Å². The highest BCUT2D eigenvalue weighted by molar-refractivity contribution is 5.40. The number of nitrogens with zero attached hydrogens (tertiary/aromatic N) is 1. The molecule has 1 saturated carbocycles. The Morgan fingerprint density at radius 2 is 1.93 bits per heavy atom. The second-order valence-corrected chi connectivity index (χ2v) is 4.51. The van der Waals surface area contributed by atoms with Crippen LogP contribution in [0.25, 0.3) is 0 Å². The summed E-state index contributed by atoms with van der Waals surface area (Å²) in [4.78, 5) is 0. The Kier molecular flexibility index (Phi) is 2.48. The molecule has 14 heavy (non-hydrogen) atoms. The molecule has 0 atom stereocenters. The normalized spacial score (nSPS) is 27.9. The third-order valence-electron chi connectivity index (χ3n) is 3.38. The molecular weight excluding hydrogens is 176 g/mol. The average molecular weight is 194 g/mol. The van der Waals surface area contributed by atoms with Gasteiger partial charge in [0.05, 0.1) is 0 Å². The quantitative estimate of drug-likeness (QED) is 0.747. The summed E-state index contributed by atoms with van der Waals surface area (Å²) in [7, 11) is 0. The first-order chi connectivity index (χ1) is 6.68. The summed E-state index contributed by atoms with van der Waals surface area (Å²) in [5.41, 5.74) is 6.72. The van der Waals surface area contributed by atoms with E-state index in [9.17, 15) is 0 Å². The molecule has 1 aromatic heterocycles. The molecule has 1 aliphatic carbocycles. The van der Waals surface area contributed by atoms with Gasteiger partial charge in [0.1, 0.15) is 5.76 Å². The van der Waals surface area contributed by atoms with Crippen LogP contribution < -0.4 is 5.73 Å². The number of hydrogen-bond acceptors (Lipinski definition) is 3. The van der Waals surface area contributed by atoms with Crippen molar-refractivity contribution < 1.29 is 4.52 Å². The zero-order chi connectivity index (χ0) is 10.1. The summed E-state index contributed by atoms with van der Waals surface area (Å²) < 4.78 is 5.29. The van der Waals surface area contributed by atoms with Crippen molar-refractivity contribution in [2.75, 3.05) is 5.73 Å². The molecule has 3 nitrogen and oxygen atoms in total. The Balaban J connectivity index is 2.12. The summed E-state index contributed by atoms with van der Waals surface area (Å²) in [5.74, 6) is 3.00. The van der Waals surface area contributed by atoms with Gasteiger partial charge in [0.25, 0.3) is 0 Å². The number of hydrogen-bond donors (Lipinski definition) is 1. The van der Waals surface area contributed by atoms with Gasteiger partial charge in [-0.15, -0.1) is 0 Å². The van der Waals surface area contributed by atoms with Crippen LogP contribution in [0.3, 0.4) is 0 Å². The van der Waals surface area contributed by atoms with E-state index in [-0.39, 0.29) is 0 Å². The minimum absolute atomic E-state index is 0.552. The van der Waals surface area contributed by atoms with Crippen molar-refractivity contribution in [1.29, 1.82) is 0 Å². The summed E-state index contributed by atoms with van der Waals surface area (Å²) in [6.07, 6.45) is 5.03. The van der Waals surface area contributed by atoms with Gasteiger partial charge < -0.3 is 10.3 Å². The number of rotatable bonds is 1. The van der Waals surface area contributed by atoms with Crippen molar-refractivity contribution in [1.82, 2.24) is 5.16 Å². The minimum Gasteiger partial charge on any atom is -0.381 e. The molecule has 2 rings (SSSR count). The standard InChI is InChI=1S/C11H18N2O/c1-7-3-5-9(6-4-7)10-8(2)11(12)13-14-10/h7,9H,3-6H2,1-2H3,(H2,12,13). The maximum Gasteiger partial charge on any atom is 0.170 e. The number of nitrogen functional groups attached to an aromatic ring is 1. The van der Waals surface area contributed by atoms with Crippen LogP contribution in [0.1, 0.15) is 49.8 Å². The smallest absolute Gasteiger partial charge is 0.170 e. The van der Waals surface area contributed by atoms with E-state index in [1.807, 2.05) is 6.92 Å². The molecule has 0 unspecified atom stereocenters. The predicted molar refractivity (Wildman–Crippen MR) is 56.0 cm³/mol. The Morgan fingerprint density at radius 1 is 1.29 bits per heavy atom.